The van der Waals surface area contributed by atoms with E-state index in [9.17, 15) is 0 Å². The summed E-state index contributed by atoms with van der Waals surface area (Å²) in [5, 5.41) is 2.55. The van der Waals surface area contributed by atoms with Gasteiger partial charge in [-0.05, 0) is 40.8 Å². The average Bonchev–Trinajstić information content (AvgIpc) is 3.47. The Bertz CT molecular complexity index is 1900. The van der Waals surface area contributed by atoms with Gasteiger partial charge in [-0.2, -0.15) is 0 Å². The molecule has 1 aromatic heterocycles. The summed E-state index contributed by atoms with van der Waals surface area (Å²) >= 11 is 0. The summed E-state index contributed by atoms with van der Waals surface area (Å²) in [5.74, 6) is 0. The minimum absolute atomic E-state index is 0.810. The molecule has 0 radical (unpaired) electrons. The third kappa shape index (κ3) is 6.21. The standard InChI is InChI=1S/C42H39N3/c1-2-36-41-38(37-25-15-16-26-39(37)43-41)27-40(44(28-32-17-7-3-8-18-32)29-33-19-9-4-10-20-33)42(36)45(30-34-21-11-5-12-22-34)31-35-23-13-6-14-24-35/h3-27,43H,2,28-31H2,1H3. The fraction of sp³-hybridized carbons (Fsp3) is 0.143. The highest BCUT2D eigenvalue weighted by Crippen LogP contribution is 2.43. The first kappa shape index (κ1) is 28.5. The number of hydrogen-bond donors (Lipinski definition) is 1. The fourth-order valence-corrected chi connectivity index (χ4v) is 6.62. The van der Waals surface area contributed by atoms with Gasteiger partial charge >= 0.3 is 0 Å². The summed E-state index contributed by atoms with van der Waals surface area (Å²) in [4.78, 5) is 9.03. The van der Waals surface area contributed by atoms with Gasteiger partial charge in [0.25, 0.3) is 0 Å². The van der Waals surface area contributed by atoms with Gasteiger partial charge in [0.15, 0.2) is 0 Å². The number of para-hydroxylation sites is 1. The van der Waals surface area contributed by atoms with Crippen molar-refractivity contribution in [3.8, 4) is 0 Å². The molecule has 7 aromatic rings. The second-order valence-corrected chi connectivity index (χ2v) is 11.8. The van der Waals surface area contributed by atoms with Gasteiger partial charge in [0.05, 0.1) is 16.9 Å². The Balaban J connectivity index is 1.49. The summed E-state index contributed by atoms with van der Waals surface area (Å²) < 4.78 is 0. The lowest BCUT2D eigenvalue weighted by atomic mass is 9.99. The lowest BCUT2D eigenvalue weighted by Crippen LogP contribution is -2.29. The van der Waals surface area contributed by atoms with Crippen LogP contribution in [0.3, 0.4) is 0 Å². The van der Waals surface area contributed by atoms with E-state index in [1.54, 1.807) is 0 Å². The molecule has 1 heterocycles. The zero-order chi connectivity index (χ0) is 30.4. The second kappa shape index (κ2) is 13.2. The van der Waals surface area contributed by atoms with Crippen molar-refractivity contribution in [3.63, 3.8) is 0 Å². The quantitative estimate of drug-likeness (QED) is 0.163. The third-order valence-corrected chi connectivity index (χ3v) is 8.73. The Morgan fingerprint density at radius 2 is 0.889 bits per heavy atom. The van der Waals surface area contributed by atoms with E-state index in [1.807, 2.05) is 0 Å². The lowest BCUT2D eigenvalue weighted by Gasteiger charge is -2.35. The number of rotatable bonds is 11. The van der Waals surface area contributed by atoms with Crippen LogP contribution in [-0.2, 0) is 32.6 Å². The maximum atomic E-state index is 3.84. The predicted molar refractivity (Wildman–Crippen MR) is 191 cm³/mol. The number of aryl methyl sites for hydroxylation is 1. The van der Waals surface area contributed by atoms with Gasteiger partial charge in [0, 0.05) is 48.0 Å². The molecule has 0 saturated carbocycles. The van der Waals surface area contributed by atoms with E-state index in [1.165, 1.54) is 61.0 Å². The van der Waals surface area contributed by atoms with Crippen LogP contribution >= 0.6 is 0 Å². The van der Waals surface area contributed by atoms with E-state index in [4.69, 9.17) is 0 Å². The highest BCUT2D eigenvalue weighted by molar-refractivity contribution is 6.11. The van der Waals surface area contributed by atoms with Crippen LogP contribution in [0.25, 0.3) is 21.8 Å². The van der Waals surface area contributed by atoms with Gasteiger partial charge in [-0.15, -0.1) is 0 Å². The highest BCUT2D eigenvalue weighted by atomic mass is 15.2. The molecule has 0 atom stereocenters. The van der Waals surface area contributed by atoms with Crippen molar-refractivity contribution >= 4 is 33.2 Å². The van der Waals surface area contributed by atoms with Crippen LogP contribution in [0.15, 0.2) is 152 Å². The number of hydrogen-bond acceptors (Lipinski definition) is 2. The largest absolute Gasteiger partial charge is 0.361 e. The number of anilines is 2. The molecule has 0 amide bonds. The average molecular weight is 586 g/mol. The summed E-state index contributed by atoms with van der Waals surface area (Å²) in [6, 6.07) is 54.7. The number of H-pyrrole nitrogens is 1. The molecule has 0 aliphatic rings. The van der Waals surface area contributed by atoms with E-state index in [2.05, 4.69) is 173 Å². The maximum absolute atomic E-state index is 3.84. The normalized spacial score (nSPS) is 11.2. The third-order valence-electron chi connectivity index (χ3n) is 8.73. The fourth-order valence-electron chi connectivity index (χ4n) is 6.62. The molecule has 0 aliphatic heterocycles. The molecule has 45 heavy (non-hydrogen) atoms. The molecule has 0 spiro atoms. The predicted octanol–water partition coefficient (Wildman–Crippen LogP) is 10.3. The molecule has 3 nitrogen and oxygen atoms in total. The zero-order valence-corrected chi connectivity index (χ0v) is 25.9. The minimum atomic E-state index is 0.810. The number of nitrogens with zero attached hydrogens (tertiary/aromatic N) is 2. The molecule has 7 rings (SSSR count). The van der Waals surface area contributed by atoms with E-state index < -0.39 is 0 Å². The number of nitrogens with one attached hydrogen (secondary N) is 1. The van der Waals surface area contributed by atoms with Crippen molar-refractivity contribution in [3.05, 3.63) is 179 Å². The van der Waals surface area contributed by atoms with Crippen molar-refractivity contribution in [1.29, 1.82) is 0 Å². The molecule has 0 bridgehead atoms. The number of aromatic amines is 1. The zero-order valence-electron chi connectivity index (χ0n) is 25.9. The molecule has 222 valence electrons. The van der Waals surface area contributed by atoms with Gasteiger partial charge < -0.3 is 14.8 Å². The highest BCUT2D eigenvalue weighted by Gasteiger charge is 2.25. The van der Waals surface area contributed by atoms with Crippen LogP contribution in [0.2, 0.25) is 0 Å². The first-order valence-corrected chi connectivity index (χ1v) is 16.0. The second-order valence-electron chi connectivity index (χ2n) is 11.8. The molecule has 0 saturated heterocycles. The molecule has 0 unspecified atom stereocenters. The SMILES string of the molecule is CCc1c(N(Cc2ccccc2)Cc2ccccc2)c(N(Cc2ccccc2)Cc2ccccc2)cc2c1[nH]c1ccccc12. The Kier molecular flexibility index (Phi) is 8.33. The van der Waals surface area contributed by atoms with E-state index in [0.29, 0.717) is 0 Å². The molecule has 0 fully saturated rings. The van der Waals surface area contributed by atoms with E-state index in [-0.39, 0.29) is 0 Å². The van der Waals surface area contributed by atoms with Crippen molar-refractivity contribution in [2.45, 2.75) is 39.5 Å². The number of fused-ring (bicyclic) bond motifs is 3. The molecule has 1 N–H and O–H groups in total. The van der Waals surface area contributed by atoms with Crippen molar-refractivity contribution in [1.82, 2.24) is 4.98 Å². The van der Waals surface area contributed by atoms with Gasteiger partial charge in [0.1, 0.15) is 0 Å². The monoisotopic (exact) mass is 585 g/mol. The Hall–Kier alpha value is -5.28. The van der Waals surface area contributed by atoms with Crippen molar-refractivity contribution < 1.29 is 0 Å². The van der Waals surface area contributed by atoms with Crippen LogP contribution in [0.5, 0.6) is 0 Å². The van der Waals surface area contributed by atoms with Crippen LogP contribution < -0.4 is 9.80 Å². The smallest absolute Gasteiger partial charge is 0.0664 e. The molecule has 3 heteroatoms. The summed E-state index contributed by atoms with van der Waals surface area (Å²) in [6.07, 6.45) is 0.914. The van der Waals surface area contributed by atoms with Crippen LogP contribution in [0.4, 0.5) is 11.4 Å². The number of benzene rings is 6. The molecular formula is C42H39N3. The first-order valence-electron chi connectivity index (χ1n) is 16.0. The van der Waals surface area contributed by atoms with Gasteiger partial charge in [-0.25, -0.2) is 0 Å². The van der Waals surface area contributed by atoms with Crippen molar-refractivity contribution in [2.75, 3.05) is 9.80 Å². The summed E-state index contributed by atoms with van der Waals surface area (Å²) in [6.45, 7) is 5.54. The van der Waals surface area contributed by atoms with Crippen LogP contribution in [-0.4, -0.2) is 4.98 Å². The van der Waals surface area contributed by atoms with Crippen LogP contribution in [0.1, 0.15) is 34.7 Å². The van der Waals surface area contributed by atoms with Gasteiger partial charge in [-0.1, -0.05) is 146 Å². The van der Waals surface area contributed by atoms with Crippen LogP contribution in [0, 0.1) is 0 Å². The Labute approximate surface area is 266 Å². The Morgan fingerprint density at radius 1 is 0.467 bits per heavy atom. The molecule has 0 aliphatic carbocycles. The topological polar surface area (TPSA) is 22.3 Å². The molecule has 6 aromatic carbocycles. The minimum Gasteiger partial charge on any atom is -0.361 e. The lowest BCUT2D eigenvalue weighted by molar-refractivity contribution is 0.765. The summed E-state index contributed by atoms with van der Waals surface area (Å²) in [7, 11) is 0. The summed E-state index contributed by atoms with van der Waals surface area (Å²) in [5.41, 5.74) is 11.6. The van der Waals surface area contributed by atoms with E-state index >= 15 is 0 Å². The first-order chi connectivity index (χ1) is 22.3. The Morgan fingerprint density at radius 3 is 1.36 bits per heavy atom. The van der Waals surface area contributed by atoms with Gasteiger partial charge in [0.2, 0.25) is 0 Å². The molecular weight excluding hydrogens is 546 g/mol. The van der Waals surface area contributed by atoms with E-state index in [0.717, 1.165) is 32.6 Å². The maximum Gasteiger partial charge on any atom is 0.0664 e. The number of aromatic nitrogens is 1. The van der Waals surface area contributed by atoms with Crippen molar-refractivity contribution in [2.24, 2.45) is 0 Å². The van der Waals surface area contributed by atoms with Gasteiger partial charge in [-0.3, -0.25) is 0 Å².